The summed E-state index contributed by atoms with van der Waals surface area (Å²) in [6.45, 7) is 1.26. The zero-order valence-electron chi connectivity index (χ0n) is 11.2. The molecule has 1 fully saturated rings. The van der Waals surface area contributed by atoms with Crippen molar-refractivity contribution in [2.45, 2.75) is 18.4 Å². The first kappa shape index (κ1) is 13.1. The van der Waals surface area contributed by atoms with Crippen LogP contribution in [0.15, 0.2) is 24.3 Å². The molecule has 0 radical (unpaired) electrons. The third-order valence-electron chi connectivity index (χ3n) is 3.73. The van der Waals surface area contributed by atoms with E-state index in [0.717, 1.165) is 23.9 Å². The summed E-state index contributed by atoms with van der Waals surface area (Å²) in [7, 11) is 0. The van der Waals surface area contributed by atoms with Crippen LogP contribution >= 0.6 is 0 Å². The number of nitrogens with one attached hydrogen (secondary N) is 1. The second-order valence-electron chi connectivity index (χ2n) is 5.12. The number of aliphatic hydroxyl groups excluding tert-OH is 1. The van der Waals surface area contributed by atoms with Gasteiger partial charge in [0, 0.05) is 13.2 Å². The number of aromatic nitrogens is 2. The molecule has 0 unspecified atom stereocenters. The maximum Gasteiger partial charge on any atom is 0.170 e. The molecule has 0 atom stereocenters. The second kappa shape index (κ2) is 5.22. The van der Waals surface area contributed by atoms with E-state index in [1.165, 1.54) is 0 Å². The number of rotatable bonds is 3. The summed E-state index contributed by atoms with van der Waals surface area (Å²) in [5.74, 6) is 0.877. The monoisotopic (exact) mass is 274 g/mol. The molecule has 6 nitrogen and oxygen atoms in total. The van der Waals surface area contributed by atoms with E-state index < -0.39 is 5.54 Å². The Morgan fingerprint density at radius 3 is 2.50 bits per heavy atom. The summed E-state index contributed by atoms with van der Waals surface area (Å²) in [6.07, 6.45) is 1.44. The molecule has 1 aromatic carbocycles. The van der Waals surface area contributed by atoms with Crippen molar-refractivity contribution in [3.05, 3.63) is 24.3 Å². The molecule has 2 heterocycles. The minimum Gasteiger partial charge on any atom is -0.394 e. The van der Waals surface area contributed by atoms with Crippen LogP contribution in [0.5, 0.6) is 0 Å². The number of aliphatic hydroxyl groups is 1. The van der Waals surface area contributed by atoms with Crippen LogP contribution in [0.1, 0.15) is 12.8 Å². The summed E-state index contributed by atoms with van der Waals surface area (Å²) in [6, 6.07) is 7.58. The van der Waals surface area contributed by atoms with Crippen LogP contribution in [0.2, 0.25) is 0 Å². The number of anilines is 2. The van der Waals surface area contributed by atoms with E-state index >= 15 is 0 Å². The van der Waals surface area contributed by atoms with Crippen LogP contribution in [0.3, 0.4) is 0 Å². The molecule has 6 heteroatoms. The van der Waals surface area contributed by atoms with Gasteiger partial charge in [-0.15, -0.1) is 0 Å². The normalized spacial score (nSPS) is 18.1. The number of para-hydroxylation sites is 2. The van der Waals surface area contributed by atoms with E-state index in [2.05, 4.69) is 15.3 Å². The van der Waals surface area contributed by atoms with Gasteiger partial charge in [-0.2, -0.15) is 0 Å². The number of fused-ring (bicyclic) bond motifs is 1. The van der Waals surface area contributed by atoms with Crippen LogP contribution in [-0.4, -0.2) is 40.4 Å². The van der Waals surface area contributed by atoms with Crippen LogP contribution in [0, 0.1) is 0 Å². The van der Waals surface area contributed by atoms with Gasteiger partial charge in [-0.05, 0) is 25.0 Å². The summed E-state index contributed by atoms with van der Waals surface area (Å²) in [5, 5.41) is 13.0. The van der Waals surface area contributed by atoms with E-state index in [1.54, 1.807) is 0 Å². The molecular weight excluding hydrogens is 256 g/mol. The van der Waals surface area contributed by atoms with Gasteiger partial charge in [-0.1, -0.05) is 12.1 Å². The van der Waals surface area contributed by atoms with E-state index in [4.69, 9.17) is 10.5 Å². The maximum absolute atomic E-state index is 9.70. The van der Waals surface area contributed by atoms with Crippen molar-refractivity contribution < 1.29 is 9.84 Å². The molecule has 1 aliphatic heterocycles. The van der Waals surface area contributed by atoms with Crippen molar-refractivity contribution in [1.82, 2.24) is 9.97 Å². The fourth-order valence-corrected chi connectivity index (χ4v) is 2.44. The molecule has 20 heavy (non-hydrogen) atoms. The number of nitrogen functional groups attached to an aromatic ring is 1. The van der Waals surface area contributed by atoms with Crippen LogP contribution in [0.4, 0.5) is 11.6 Å². The van der Waals surface area contributed by atoms with Gasteiger partial charge in [0.2, 0.25) is 0 Å². The lowest BCUT2D eigenvalue weighted by Crippen LogP contribution is -2.47. The molecule has 0 aliphatic carbocycles. The van der Waals surface area contributed by atoms with Gasteiger partial charge in [-0.3, -0.25) is 0 Å². The quantitative estimate of drug-likeness (QED) is 0.778. The molecular formula is C14H18N4O2. The predicted octanol–water partition coefficient (Wildman–Crippen LogP) is 1.17. The average Bonchev–Trinajstić information content (AvgIpc) is 2.49. The minimum absolute atomic E-state index is 0.0182. The van der Waals surface area contributed by atoms with E-state index in [9.17, 15) is 5.11 Å². The van der Waals surface area contributed by atoms with Crippen LogP contribution in [-0.2, 0) is 4.74 Å². The highest BCUT2D eigenvalue weighted by molar-refractivity contribution is 5.79. The Hall–Kier alpha value is -1.92. The van der Waals surface area contributed by atoms with Crippen LogP contribution in [0.25, 0.3) is 11.0 Å². The first-order valence-corrected chi connectivity index (χ1v) is 6.71. The van der Waals surface area contributed by atoms with E-state index in [-0.39, 0.29) is 6.61 Å². The first-order chi connectivity index (χ1) is 9.72. The zero-order valence-corrected chi connectivity index (χ0v) is 11.2. The van der Waals surface area contributed by atoms with Crippen molar-refractivity contribution in [3.8, 4) is 0 Å². The molecule has 3 rings (SSSR count). The van der Waals surface area contributed by atoms with Crippen molar-refractivity contribution in [2.24, 2.45) is 0 Å². The number of hydrogen-bond acceptors (Lipinski definition) is 6. The fraction of sp³-hybridized carbons (Fsp3) is 0.429. The second-order valence-corrected chi connectivity index (χ2v) is 5.12. The number of hydrogen-bond donors (Lipinski definition) is 3. The highest BCUT2D eigenvalue weighted by Gasteiger charge is 2.33. The molecule has 0 saturated carbocycles. The van der Waals surface area contributed by atoms with Gasteiger partial charge in [0.1, 0.15) is 0 Å². The summed E-state index contributed by atoms with van der Waals surface area (Å²) >= 11 is 0. The standard InChI is InChI=1S/C14H18N4O2/c15-12-13(17-11-4-2-1-3-10(11)16-12)18-14(9-19)5-7-20-8-6-14/h1-4,19H,5-9H2,(H2,15,16)(H,17,18). The summed E-state index contributed by atoms with van der Waals surface area (Å²) < 4.78 is 5.35. The highest BCUT2D eigenvalue weighted by Crippen LogP contribution is 2.28. The number of ether oxygens (including phenoxy) is 1. The Bertz CT molecular complexity index is 611. The Balaban J connectivity index is 1.95. The third-order valence-corrected chi connectivity index (χ3v) is 3.73. The third kappa shape index (κ3) is 2.39. The molecule has 0 spiro atoms. The van der Waals surface area contributed by atoms with E-state index in [0.29, 0.717) is 24.8 Å². The van der Waals surface area contributed by atoms with E-state index in [1.807, 2.05) is 24.3 Å². The molecule has 1 aliphatic rings. The van der Waals surface area contributed by atoms with Gasteiger partial charge in [-0.25, -0.2) is 9.97 Å². The molecule has 1 aromatic heterocycles. The predicted molar refractivity (Wildman–Crippen MR) is 77.4 cm³/mol. The Morgan fingerprint density at radius 2 is 1.85 bits per heavy atom. The number of nitrogens with zero attached hydrogens (tertiary/aromatic N) is 2. The largest absolute Gasteiger partial charge is 0.394 e. The van der Waals surface area contributed by atoms with Crippen molar-refractivity contribution >= 4 is 22.7 Å². The van der Waals surface area contributed by atoms with Gasteiger partial charge in [0.25, 0.3) is 0 Å². The number of benzene rings is 1. The molecule has 1 saturated heterocycles. The average molecular weight is 274 g/mol. The summed E-state index contributed by atoms with van der Waals surface area (Å²) in [5.41, 5.74) is 7.09. The zero-order chi connectivity index (χ0) is 14.0. The SMILES string of the molecule is Nc1nc2ccccc2nc1NC1(CO)CCOCC1. The Morgan fingerprint density at radius 1 is 1.20 bits per heavy atom. The van der Waals surface area contributed by atoms with Gasteiger partial charge in [0.15, 0.2) is 11.6 Å². The molecule has 4 N–H and O–H groups in total. The molecule has 0 amide bonds. The maximum atomic E-state index is 9.70. The molecule has 0 bridgehead atoms. The Kier molecular flexibility index (Phi) is 3.42. The van der Waals surface area contributed by atoms with Crippen molar-refractivity contribution in [1.29, 1.82) is 0 Å². The lowest BCUT2D eigenvalue weighted by Gasteiger charge is -2.36. The van der Waals surface area contributed by atoms with Crippen LogP contribution < -0.4 is 11.1 Å². The van der Waals surface area contributed by atoms with Gasteiger partial charge < -0.3 is 20.9 Å². The summed E-state index contributed by atoms with van der Waals surface area (Å²) in [4.78, 5) is 8.86. The lowest BCUT2D eigenvalue weighted by atomic mass is 9.91. The van der Waals surface area contributed by atoms with Crippen molar-refractivity contribution in [3.63, 3.8) is 0 Å². The fourth-order valence-electron chi connectivity index (χ4n) is 2.44. The smallest absolute Gasteiger partial charge is 0.170 e. The minimum atomic E-state index is -0.427. The topological polar surface area (TPSA) is 93.3 Å². The van der Waals surface area contributed by atoms with Crippen molar-refractivity contribution in [2.75, 3.05) is 30.9 Å². The Labute approximate surface area is 117 Å². The highest BCUT2D eigenvalue weighted by atomic mass is 16.5. The molecule has 2 aromatic rings. The van der Waals surface area contributed by atoms with Gasteiger partial charge in [0.05, 0.1) is 23.2 Å². The number of nitrogens with two attached hydrogens (primary N) is 1. The first-order valence-electron chi connectivity index (χ1n) is 6.71. The van der Waals surface area contributed by atoms with Gasteiger partial charge >= 0.3 is 0 Å². The lowest BCUT2D eigenvalue weighted by molar-refractivity contribution is 0.0379. The molecule has 106 valence electrons.